The highest BCUT2D eigenvalue weighted by Crippen LogP contribution is 2.24. The lowest BCUT2D eigenvalue weighted by atomic mass is 10.1. The molecule has 0 unspecified atom stereocenters. The second-order valence-corrected chi connectivity index (χ2v) is 15.3. The van der Waals surface area contributed by atoms with E-state index in [1.54, 1.807) is 165 Å². The lowest BCUT2D eigenvalue weighted by Gasteiger charge is -2.22. The van der Waals surface area contributed by atoms with Gasteiger partial charge in [-0.2, -0.15) is 0 Å². The van der Waals surface area contributed by atoms with Crippen molar-refractivity contribution in [3.05, 3.63) is 223 Å². The molecule has 8 aromatic heterocycles. The van der Waals surface area contributed by atoms with Crippen molar-refractivity contribution in [1.29, 1.82) is 0 Å². The second-order valence-electron chi connectivity index (χ2n) is 14.2. The minimum absolute atomic E-state index is 0.358. The highest BCUT2D eigenvalue weighted by Gasteiger charge is 2.15. The van der Waals surface area contributed by atoms with Crippen LogP contribution in [0.25, 0.3) is 0 Å². The van der Waals surface area contributed by atoms with E-state index in [-0.39, 0.29) is 5.97 Å². The Morgan fingerprint density at radius 3 is 1.36 bits per heavy atom. The van der Waals surface area contributed by atoms with Crippen molar-refractivity contribution in [2.45, 2.75) is 13.1 Å². The zero-order valence-electron chi connectivity index (χ0n) is 41.6. The number of hydroxylamine groups is 1. The first-order valence-corrected chi connectivity index (χ1v) is 22.9. The van der Waals surface area contributed by atoms with Gasteiger partial charge in [0.2, 0.25) is 0 Å². The first kappa shape index (κ1) is 52.7. The molecule has 10 rings (SSSR count). The summed E-state index contributed by atoms with van der Waals surface area (Å²) < 4.78 is 15.6. The number of nitrogens with zero attached hydrogens (tertiary/aromatic N) is 18. The first-order chi connectivity index (χ1) is 37.8. The number of carbonyl (C=O) groups excluding carboxylic acids is 2. The van der Waals surface area contributed by atoms with Crippen molar-refractivity contribution < 1.29 is 22.5 Å². The highest BCUT2D eigenvalue weighted by atomic mass is 127. The van der Waals surface area contributed by atoms with Gasteiger partial charge in [-0.05, 0) is 82.2 Å². The van der Waals surface area contributed by atoms with Crippen molar-refractivity contribution in [3.63, 3.8) is 0 Å². The zero-order valence-corrected chi connectivity index (χ0v) is 41.7. The SMILES string of the molecule is COC(=O)c1ccc(CN(c2ccncn2)c2cnccn2)cc1.Ic1cnccn1.Nc1ccncn1.O=C(NO)c1ccc(CN(c2ccncn2)c2cnccn2)cc1.[2H][2H].c1cc(Nc2cnccn2)ncn1. The summed E-state index contributed by atoms with van der Waals surface area (Å²) in [4.78, 5) is 90.7. The van der Waals surface area contributed by atoms with Crippen molar-refractivity contribution in [2.75, 3.05) is 28.0 Å². The van der Waals surface area contributed by atoms with Crippen LogP contribution in [0.1, 0.15) is 34.8 Å². The van der Waals surface area contributed by atoms with Crippen LogP contribution in [0.15, 0.2) is 197 Å². The number of methoxy groups -OCH3 is 1. The monoisotopic (exact) mass is 1120 g/mol. The topological polar surface area (TPSA) is 326 Å². The van der Waals surface area contributed by atoms with Gasteiger partial charge in [0.1, 0.15) is 58.1 Å². The Hall–Kier alpha value is -10.1. The molecule has 25 nitrogen and oxygen atoms in total. The molecule has 75 heavy (non-hydrogen) atoms. The average Bonchev–Trinajstić information content (AvgIpc) is 3.51. The summed E-state index contributed by atoms with van der Waals surface area (Å²) in [7, 11) is 1.36. The molecule has 378 valence electrons. The van der Waals surface area contributed by atoms with E-state index in [9.17, 15) is 9.59 Å². The van der Waals surface area contributed by atoms with E-state index in [0.29, 0.717) is 64.9 Å². The largest absolute Gasteiger partial charge is 0.465 e. The summed E-state index contributed by atoms with van der Waals surface area (Å²) in [6, 6.07) is 21.1. The fourth-order valence-electron chi connectivity index (χ4n) is 5.80. The third-order valence-corrected chi connectivity index (χ3v) is 9.81. The molecule has 0 aliphatic rings. The number of aromatic nitrogens is 16. The van der Waals surface area contributed by atoms with E-state index in [1.165, 1.54) is 32.4 Å². The van der Waals surface area contributed by atoms with Crippen LogP contribution in [0.2, 0.25) is 0 Å². The summed E-state index contributed by atoms with van der Waals surface area (Å²) in [6.45, 7) is 1.01. The van der Waals surface area contributed by atoms with Crippen molar-refractivity contribution in [3.8, 4) is 0 Å². The normalized spacial score (nSPS) is 9.91. The molecule has 5 N–H and O–H groups in total. The molecular formula is C49H46IN21O4. The number of nitrogens with one attached hydrogen (secondary N) is 2. The van der Waals surface area contributed by atoms with Crippen LogP contribution in [0.3, 0.4) is 0 Å². The number of ether oxygens (including phenoxy) is 1. The lowest BCUT2D eigenvalue weighted by Crippen LogP contribution is -2.20. The molecular weight excluding hydrogens is 1070 g/mol. The fourth-order valence-corrected chi connectivity index (χ4v) is 6.12. The fraction of sp³-hybridized carbons (Fsp3) is 0.0612. The van der Waals surface area contributed by atoms with Crippen LogP contribution in [-0.4, -0.2) is 104 Å². The van der Waals surface area contributed by atoms with Gasteiger partial charge in [-0.15, -0.1) is 0 Å². The molecule has 0 bridgehead atoms. The third kappa shape index (κ3) is 18.9. The van der Waals surface area contributed by atoms with Crippen molar-refractivity contribution in [2.24, 2.45) is 0 Å². The van der Waals surface area contributed by atoms with Gasteiger partial charge >= 0.3 is 5.97 Å². The highest BCUT2D eigenvalue weighted by molar-refractivity contribution is 14.1. The Morgan fingerprint density at radius 2 is 1.00 bits per heavy atom. The van der Waals surface area contributed by atoms with E-state index in [2.05, 4.69) is 108 Å². The maximum Gasteiger partial charge on any atom is 0.337 e. The predicted octanol–water partition coefficient (Wildman–Crippen LogP) is 6.51. The Labute approximate surface area is 445 Å². The number of hydrogen-bond acceptors (Lipinski definition) is 24. The Kier molecular flexibility index (Phi) is 21.5. The molecule has 1 amide bonds. The Morgan fingerprint density at radius 1 is 0.520 bits per heavy atom. The number of amides is 1. The average molecular weight is 1120 g/mol. The number of benzene rings is 2. The number of esters is 1. The molecule has 0 aliphatic carbocycles. The smallest absolute Gasteiger partial charge is 0.337 e. The number of nitrogens with two attached hydrogens (primary N) is 1. The Bertz CT molecular complexity index is 2870. The Balaban J connectivity index is 0.000000191. The van der Waals surface area contributed by atoms with Crippen LogP contribution in [0.5, 0.6) is 0 Å². The molecule has 2 aromatic carbocycles. The van der Waals surface area contributed by atoms with Crippen LogP contribution in [-0.2, 0) is 17.8 Å². The van der Waals surface area contributed by atoms with Crippen LogP contribution in [0, 0.1) is 3.70 Å². The van der Waals surface area contributed by atoms with Crippen LogP contribution >= 0.6 is 22.6 Å². The van der Waals surface area contributed by atoms with Gasteiger partial charge in [0.15, 0.2) is 11.6 Å². The molecule has 0 spiro atoms. The van der Waals surface area contributed by atoms with Gasteiger partial charge in [-0.25, -0.2) is 70.1 Å². The van der Waals surface area contributed by atoms with Gasteiger partial charge in [0, 0.05) is 82.9 Å². The third-order valence-electron chi connectivity index (χ3n) is 9.25. The zero-order chi connectivity index (χ0) is 54.7. The van der Waals surface area contributed by atoms with Crippen molar-refractivity contribution >= 4 is 75.2 Å². The second kappa shape index (κ2) is 30.6. The summed E-state index contributed by atoms with van der Waals surface area (Å²) in [5, 5.41) is 11.6. The summed E-state index contributed by atoms with van der Waals surface area (Å²) in [6.07, 6.45) is 32.1. The number of hydrogen-bond donors (Lipinski definition) is 4. The predicted molar refractivity (Wildman–Crippen MR) is 284 cm³/mol. The minimum Gasteiger partial charge on any atom is -0.465 e. The van der Waals surface area contributed by atoms with Gasteiger partial charge < -0.3 is 25.6 Å². The quantitative estimate of drug-likeness (QED) is 0.0438. The standard InChI is InChI=1S/C17H15N5O2.C16H14N6O2.C8H7N5.C4H3IN2.C4H5N3.H2/c1-24-17(23)14-4-2-13(3-5-14)11-22(15-6-7-19-12-21-15)16-10-18-8-9-20-16;23-16(21-24)13-3-1-12(2-4-13)10-22(14-5-6-18-11-20-14)15-9-17-7-8-19-15;1-2-10-6-12-7(1)13-8-5-9-3-4-11-8;5-4-3-6-1-2-7-4;5-4-1-2-6-3-7-4;/h2-10,12H,11H2,1H3;1-9,11,24H,10H2,(H,21,23);1-6H,(H,10,11,12,13);1-3H;1-3H,(H2,5,6,7);1H/i;;;;;1+1D. The van der Waals surface area contributed by atoms with E-state index < -0.39 is 5.91 Å². The molecule has 0 radical (unpaired) electrons. The maximum absolute atomic E-state index is 11.5. The lowest BCUT2D eigenvalue weighted by molar-refractivity contribution is 0.0600. The first-order valence-electron chi connectivity index (χ1n) is 22.8. The number of halogens is 1. The number of carbonyl (C=O) groups is 2. The molecule has 10 aromatic rings. The van der Waals surface area contributed by atoms with E-state index in [1.807, 2.05) is 21.9 Å². The molecule has 26 heteroatoms. The van der Waals surface area contributed by atoms with Gasteiger partial charge in [0.05, 0.1) is 50.6 Å². The molecule has 0 atom stereocenters. The van der Waals surface area contributed by atoms with E-state index >= 15 is 0 Å². The molecule has 8 heterocycles. The van der Waals surface area contributed by atoms with Gasteiger partial charge in [-0.3, -0.25) is 29.9 Å². The summed E-state index contributed by atoms with van der Waals surface area (Å²) >= 11 is 2.11. The molecule has 0 saturated carbocycles. The molecule has 0 fully saturated rings. The molecule has 0 aliphatic heterocycles. The van der Waals surface area contributed by atoms with E-state index in [4.69, 9.17) is 18.6 Å². The van der Waals surface area contributed by atoms with Crippen LogP contribution < -0.4 is 26.3 Å². The summed E-state index contributed by atoms with van der Waals surface area (Å²) in [5.41, 5.74) is 9.62. The maximum atomic E-state index is 11.5. The van der Waals surface area contributed by atoms with Gasteiger partial charge in [0.25, 0.3) is 5.91 Å². The number of anilines is 7. The van der Waals surface area contributed by atoms with Crippen LogP contribution in [0.4, 0.5) is 40.7 Å². The van der Waals surface area contributed by atoms with Crippen molar-refractivity contribution in [1.82, 2.24) is 85.2 Å². The van der Waals surface area contributed by atoms with Gasteiger partial charge in [-0.1, -0.05) is 24.3 Å². The summed E-state index contributed by atoms with van der Waals surface area (Å²) in [5.74, 6) is 3.69. The number of rotatable bonds is 12. The number of nitrogen functional groups attached to an aromatic ring is 1. The minimum atomic E-state index is -0.553. The van der Waals surface area contributed by atoms with E-state index in [0.717, 1.165) is 14.8 Å². The molecule has 0 saturated heterocycles.